The van der Waals surface area contributed by atoms with Gasteiger partial charge < -0.3 is 0 Å². The molecule has 5 heteroatoms. The second kappa shape index (κ2) is 4.24. The zero-order chi connectivity index (χ0) is 11.1. The van der Waals surface area contributed by atoms with Crippen LogP contribution >= 0.6 is 23.1 Å². The van der Waals surface area contributed by atoms with Crippen LogP contribution in [0.15, 0.2) is 0 Å². The smallest absolute Gasteiger partial charge is 0.138 e. The van der Waals surface area contributed by atoms with E-state index in [1.54, 1.807) is 0 Å². The molecule has 3 nitrogen and oxygen atoms in total. The second-order valence-electron chi connectivity index (χ2n) is 4.97. The molecule has 2 fully saturated rings. The van der Waals surface area contributed by atoms with Crippen molar-refractivity contribution < 1.29 is 0 Å². The van der Waals surface area contributed by atoms with Crippen molar-refractivity contribution in [3.63, 3.8) is 0 Å². The van der Waals surface area contributed by atoms with Gasteiger partial charge in [-0.25, -0.2) is 0 Å². The quantitative estimate of drug-likeness (QED) is 0.812. The number of aromatic nitrogens is 2. The fourth-order valence-corrected chi connectivity index (χ4v) is 2.94. The van der Waals surface area contributed by atoms with Crippen LogP contribution in [0.2, 0.25) is 4.34 Å². The SMILES string of the molecule is C[C@@H](C1CC1)N(Cc1nnsc1Cl)C1CC1. The average Bonchev–Trinajstić information content (AvgIpc) is 3.14. The summed E-state index contributed by atoms with van der Waals surface area (Å²) < 4.78 is 4.67. The molecule has 0 aromatic carbocycles. The van der Waals surface area contributed by atoms with Crippen LogP contribution in [-0.2, 0) is 6.54 Å². The molecule has 16 heavy (non-hydrogen) atoms. The topological polar surface area (TPSA) is 29.0 Å². The lowest BCUT2D eigenvalue weighted by molar-refractivity contribution is 0.168. The molecule has 0 spiro atoms. The Balaban J connectivity index is 1.71. The summed E-state index contributed by atoms with van der Waals surface area (Å²) in [6.07, 6.45) is 5.47. The zero-order valence-corrected chi connectivity index (χ0v) is 11.0. The highest BCUT2D eigenvalue weighted by Crippen LogP contribution is 2.40. The first kappa shape index (κ1) is 10.9. The lowest BCUT2D eigenvalue weighted by atomic mass is 10.1. The van der Waals surface area contributed by atoms with E-state index < -0.39 is 0 Å². The summed E-state index contributed by atoms with van der Waals surface area (Å²) in [4.78, 5) is 2.58. The van der Waals surface area contributed by atoms with Gasteiger partial charge in [-0.3, -0.25) is 4.90 Å². The maximum Gasteiger partial charge on any atom is 0.138 e. The Morgan fingerprint density at radius 3 is 2.69 bits per heavy atom. The molecule has 0 aliphatic heterocycles. The highest BCUT2D eigenvalue weighted by Gasteiger charge is 2.39. The monoisotopic (exact) mass is 257 g/mol. The molecule has 0 radical (unpaired) electrons. The third kappa shape index (κ3) is 2.24. The van der Waals surface area contributed by atoms with Gasteiger partial charge in [-0.1, -0.05) is 16.1 Å². The van der Waals surface area contributed by atoms with Crippen molar-refractivity contribution >= 4 is 23.1 Å². The minimum absolute atomic E-state index is 0.685. The number of nitrogens with zero attached hydrogens (tertiary/aromatic N) is 3. The Labute approximate surface area is 105 Å². The summed E-state index contributed by atoms with van der Waals surface area (Å²) in [5.74, 6) is 0.908. The number of hydrogen-bond acceptors (Lipinski definition) is 4. The highest BCUT2D eigenvalue weighted by atomic mass is 35.5. The lowest BCUT2D eigenvalue weighted by Gasteiger charge is -2.28. The summed E-state index contributed by atoms with van der Waals surface area (Å²) in [6, 6.07) is 1.46. The van der Waals surface area contributed by atoms with Crippen LogP contribution in [0.25, 0.3) is 0 Å². The third-order valence-corrected chi connectivity index (χ3v) is 4.67. The fraction of sp³-hybridized carbons (Fsp3) is 0.818. The third-order valence-electron chi connectivity index (χ3n) is 3.68. The zero-order valence-electron chi connectivity index (χ0n) is 9.40. The van der Waals surface area contributed by atoms with Crippen molar-refractivity contribution in [1.29, 1.82) is 0 Å². The summed E-state index contributed by atoms with van der Waals surface area (Å²) in [5.41, 5.74) is 0.964. The van der Waals surface area contributed by atoms with Crippen molar-refractivity contribution in [3.8, 4) is 0 Å². The summed E-state index contributed by atoms with van der Waals surface area (Å²) >= 11 is 7.37. The Morgan fingerprint density at radius 1 is 1.44 bits per heavy atom. The number of hydrogen-bond donors (Lipinski definition) is 0. The Kier molecular flexibility index (Phi) is 2.90. The molecule has 0 unspecified atom stereocenters. The van der Waals surface area contributed by atoms with Crippen molar-refractivity contribution in [2.45, 2.75) is 51.2 Å². The molecule has 88 valence electrons. The van der Waals surface area contributed by atoms with E-state index in [1.165, 1.54) is 37.2 Å². The van der Waals surface area contributed by atoms with Crippen LogP contribution in [0, 0.1) is 5.92 Å². The maximum atomic E-state index is 6.08. The predicted molar refractivity (Wildman–Crippen MR) is 65.7 cm³/mol. The predicted octanol–water partition coefficient (Wildman–Crippen LogP) is 2.95. The van der Waals surface area contributed by atoms with Gasteiger partial charge in [-0.15, -0.1) is 5.10 Å². The molecule has 0 saturated heterocycles. The van der Waals surface area contributed by atoms with Crippen LogP contribution in [0.3, 0.4) is 0 Å². The first-order valence-corrected chi connectivity index (χ1v) is 7.13. The van der Waals surface area contributed by atoms with Crippen LogP contribution in [0.5, 0.6) is 0 Å². The molecule has 0 amide bonds. The van der Waals surface area contributed by atoms with Crippen molar-refractivity contribution in [1.82, 2.24) is 14.5 Å². The molecule has 1 heterocycles. The van der Waals surface area contributed by atoms with E-state index in [9.17, 15) is 0 Å². The first-order valence-electron chi connectivity index (χ1n) is 5.98. The Hall–Kier alpha value is -0.190. The van der Waals surface area contributed by atoms with Gasteiger partial charge in [-0.2, -0.15) is 0 Å². The van der Waals surface area contributed by atoms with Gasteiger partial charge in [0.25, 0.3) is 0 Å². The second-order valence-corrected chi connectivity index (χ2v) is 6.33. The van der Waals surface area contributed by atoms with E-state index in [2.05, 4.69) is 21.4 Å². The molecule has 2 aliphatic rings. The maximum absolute atomic E-state index is 6.08. The molecule has 2 aliphatic carbocycles. The average molecular weight is 258 g/mol. The van der Waals surface area contributed by atoms with Crippen LogP contribution in [0.1, 0.15) is 38.3 Å². The molecule has 1 atom stereocenters. The van der Waals surface area contributed by atoms with E-state index >= 15 is 0 Å². The summed E-state index contributed by atoms with van der Waals surface area (Å²) in [7, 11) is 0. The van der Waals surface area contributed by atoms with Crippen molar-refractivity contribution in [3.05, 3.63) is 10.0 Å². The standard InChI is InChI=1S/C11H16ClN3S/c1-7(8-2-3-8)15(9-4-5-9)6-10-11(12)16-14-13-10/h7-9H,2-6H2,1H3/t7-/m0/s1. The minimum atomic E-state index is 0.685. The molecule has 1 aromatic heterocycles. The summed E-state index contributed by atoms with van der Waals surface area (Å²) in [5, 5.41) is 4.12. The van der Waals surface area contributed by atoms with Gasteiger partial charge in [-0.05, 0) is 38.5 Å². The normalized spacial score (nSPS) is 22.7. The van der Waals surface area contributed by atoms with Crippen molar-refractivity contribution in [2.75, 3.05) is 0 Å². The minimum Gasteiger partial charge on any atom is -0.291 e. The fourth-order valence-electron chi connectivity index (χ4n) is 2.33. The molecule has 2 saturated carbocycles. The molecule has 1 aromatic rings. The molecular formula is C11H16ClN3S. The van der Waals surface area contributed by atoms with Crippen LogP contribution < -0.4 is 0 Å². The van der Waals surface area contributed by atoms with Gasteiger partial charge in [0, 0.05) is 30.2 Å². The van der Waals surface area contributed by atoms with E-state index in [-0.39, 0.29) is 0 Å². The van der Waals surface area contributed by atoms with Gasteiger partial charge in [0.15, 0.2) is 0 Å². The molecule has 0 N–H and O–H groups in total. The largest absolute Gasteiger partial charge is 0.291 e. The lowest BCUT2D eigenvalue weighted by Crippen LogP contribution is -2.36. The van der Waals surface area contributed by atoms with Crippen LogP contribution in [0.4, 0.5) is 0 Å². The molecule has 3 rings (SSSR count). The van der Waals surface area contributed by atoms with Gasteiger partial charge in [0.05, 0.1) is 0 Å². The van der Waals surface area contributed by atoms with Crippen molar-refractivity contribution in [2.24, 2.45) is 5.92 Å². The van der Waals surface area contributed by atoms with E-state index in [1.807, 2.05) is 0 Å². The Morgan fingerprint density at radius 2 is 2.19 bits per heavy atom. The van der Waals surface area contributed by atoms with E-state index in [4.69, 9.17) is 11.6 Å². The molecule has 0 bridgehead atoms. The van der Waals surface area contributed by atoms with E-state index in [0.717, 1.165) is 28.5 Å². The summed E-state index contributed by atoms with van der Waals surface area (Å²) in [6.45, 7) is 3.24. The number of rotatable bonds is 5. The first-order chi connectivity index (χ1) is 7.75. The number of halogens is 1. The van der Waals surface area contributed by atoms with Gasteiger partial charge in [0.1, 0.15) is 10.0 Å². The molecular weight excluding hydrogens is 242 g/mol. The Bertz CT molecular complexity index is 373. The van der Waals surface area contributed by atoms with Gasteiger partial charge in [0.2, 0.25) is 0 Å². The van der Waals surface area contributed by atoms with Crippen LogP contribution in [-0.4, -0.2) is 26.6 Å². The highest BCUT2D eigenvalue weighted by molar-refractivity contribution is 7.10. The van der Waals surface area contributed by atoms with Gasteiger partial charge >= 0.3 is 0 Å². The van der Waals surface area contributed by atoms with E-state index in [0.29, 0.717) is 6.04 Å².